The highest BCUT2D eigenvalue weighted by Gasteiger charge is 2.12. The van der Waals surface area contributed by atoms with Crippen molar-refractivity contribution in [3.05, 3.63) is 30.5 Å². The number of nitrogens with zero attached hydrogens (tertiary/aromatic N) is 1. The Morgan fingerprint density at radius 3 is 2.94 bits per heavy atom. The van der Waals surface area contributed by atoms with E-state index in [4.69, 9.17) is 8.83 Å². The van der Waals surface area contributed by atoms with Gasteiger partial charge in [-0.2, -0.15) is 0 Å². The average Bonchev–Trinajstić information content (AvgIpc) is 2.84. The SMILES string of the molecule is CC(C)CNCc1ncoc1-c1ccco1. The van der Waals surface area contributed by atoms with Gasteiger partial charge in [0.25, 0.3) is 0 Å². The van der Waals surface area contributed by atoms with Crippen molar-refractivity contribution in [3.8, 4) is 11.5 Å². The smallest absolute Gasteiger partial charge is 0.194 e. The van der Waals surface area contributed by atoms with Gasteiger partial charge in [-0.1, -0.05) is 13.8 Å². The van der Waals surface area contributed by atoms with Gasteiger partial charge < -0.3 is 14.2 Å². The second-order valence-corrected chi connectivity index (χ2v) is 4.13. The van der Waals surface area contributed by atoms with E-state index in [2.05, 4.69) is 24.1 Å². The lowest BCUT2D eigenvalue weighted by Crippen LogP contribution is -2.19. The second-order valence-electron chi connectivity index (χ2n) is 4.13. The van der Waals surface area contributed by atoms with Crippen LogP contribution in [0.1, 0.15) is 19.5 Å². The van der Waals surface area contributed by atoms with Gasteiger partial charge in [0.05, 0.1) is 6.26 Å². The molecule has 16 heavy (non-hydrogen) atoms. The number of hydrogen-bond donors (Lipinski definition) is 1. The summed E-state index contributed by atoms with van der Waals surface area (Å²) in [6.45, 7) is 6.00. The predicted molar refractivity (Wildman–Crippen MR) is 60.7 cm³/mol. The van der Waals surface area contributed by atoms with Gasteiger partial charge in [-0.05, 0) is 24.6 Å². The Bertz CT molecular complexity index is 418. The van der Waals surface area contributed by atoms with Crippen molar-refractivity contribution in [2.24, 2.45) is 5.92 Å². The third-order valence-corrected chi connectivity index (χ3v) is 2.23. The first-order valence-electron chi connectivity index (χ1n) is 5.44. The van der Waals surface area contributed by atoms with Crippen LogP contribution >= 0.6 is 0 Å². The summed E-state index contributed by atoms with van der Waals surface area (Å²) in [5, 5.41) is 3.33. The molecule has 0 atom stereocenters. The molecule has 0 amide bonds. The van der Waals surface area contributed by atoms with Crippen LogP contribution in [0.3, 0.4) is 0 Å². The fourth-order valence-electron chi connectivity index (χ4n) is 1.48. The number of rotatable bonds is 5. The Morgan fingerprint density at radius 2 is 2.25 bits per heavy atom. The summed E-state index contributed by atoms with van der Waals surface area (Å²) in [6.07, 6.45) is 3.08. The highest BCUT2D eigenvalue weighted by Crippen LogP contribution is 2.23. The van der Waals surface area contributed by atoms with E-state index in [-0.39, 0.29) is 0 Å². The zero-order chi connectivity index (χ0) is 11.4. The molecule has 4 nitrogen and oxygen atoms in total. The van der Waals surface area contributed by atoms with E-state index in [0.29, 0.717) is 18.2 Å². The third kappa shape index (κ3) is 2.52. The molecule has 0 fully saturated rings. The van der Waals surface area contributed by atoms with Gasteiger partial charge in [-0.25, -0.2) is 4.98 Å². The van der Waals surface area contributed by atoms with Crippen molar-refractivity contribution < 1.29 is 8.83 Å². The molecule has 86 valence electrons. The summed E-state index contributed by atoms with van der Waals surface area (Å²) < 4.78 is 10.6. The van der Waals surface area contributed by atoms with Gasteiger partial charge >= 0.3 is 0 Å². The summed E-state index contributed by atoms with van der Waals surface area (Å²) in [6, 6.07) is 3.70. The minimum atomic E-state index is 0.624. The van der Waals surface area contributed by atoms with E-state index >= 15 is 0 Å². The average molecular weight is 220 g/mol. The number of hydrogen-bond acceptors (Lipinski definition) is 4. The maximum Gasteiger partial charge on any atom is 0.194 e. The van der Waals surface area contributed by atoms with Crippen molar-refractivity contribution in [2.45, 2.75) is 20.4 Å². The zero-order valence-corrected chi connectivity index (χ0v) is 9.56. The maximum absolute atomic E-state index is 5.32. The molecule has 0 aliphatic rings. The Hall–Kier alpha value is -1.55. The molecule has 4 heteroatoms. The monoisotopic (exact) mass is 220 g/mol. The minimum Gasteiger partial charge on any atom is -0.461 e. The van der Waals surface area contributed by atoms with E-state index in [9.17, 15) is 0 Å². The second kappa shape index (κ2) is 4.99. The fourth-order valence-corrected chi connectivity index (χ4v) is 1.48. The molecule has 0 aliphatic heterocycles. The highest BCUT2D eigenvalue weighted by molar-refractivity contribution is 5.52. The van der Waals surface area contributed by atoms with Crippen LogP contribution in [0, 0.1) is 5.92 Å². The minimum absolute atomic E-state index is 0.624. The van der Waals surface area contributed by atoms with Crippen LogP contribution in [0.5, 0.6) is 0 Å². The van der Waals surface area contributed by atoms with Gasteiger partial charge in [0, 0.05) is 6.54 Å². The zero-order valence-electron chi connectivity index (χ0n) is 9.56. The van der Waals surface area contributed by atoms with Gasteiger partial charge in [-0.3, -0.25) is 0 Å². The standard InChI is InChI=1S/C12H16N2O2/c1-9(2)6-13-7-10-12(16-8-14-10)11-4-3-5-15-11/h3-5,8-9,13H,6-7H2,1-2H3. The molecule has 0 saturated heterocycles. The Labute approximate surface area is 94.7 Å². The van der Waals surface area contributed by atoms with Crippen LogP contribution in [0.25, 0.3) is 11.5 Å². The first kappa shape index (κ1) is 11.0. The molecule has 2 rings (SSSR count). The molecule has 2 aromatic heterocycles. The molecule has 2 aromatic rings. The summed E-state index contributed by atoms with van der Waals surface area (Å²) in [5.74, 6) is 2.05. The summed E-state index contributed by atoms with van der Waals surface area (Å²) in [4.78, 5) is 4.18. The van der Waals surface area contributed by atoms with Crippen molar-refractivity contribution in [1.82, 2.24) is 10.3 Å². The van der Waals surface area contributed by atoms with Crippen molar-refractivity contribution in [1.29, 1.82) is 0 Å². The van der Waals surface area contributed by atoms with Crippen LogP contribution in [-0.4, -0.2) is 11.5 Å². The van der Waals surface area contributed by atoms with Crippen LogP contribution in [0.4, 0.5) is 0 Å². The predicted octanol–water partition coefficient (Wildman–Crippen LogP) is 2.68. The largest absolute Gasteiger partial charge is 0.461 e. The van der Waals surface area contributed by atoms with Crippen molar-refractivity contribution in [3.63, 3.8) is 0 Å². The number of furan rings is 1. The molecule has 0 aliphatic carbocycles. The number of oxazole rings is 1. The Morgan fingerprint density at radius 1 is 1.38 bits per heavy atom. The Balaban J connectivity index is 2.03. The van der Waals surface area contributed by atoms with Crippen molar-refractivity contribution >= 4 is 0 Å². The topological polar surface area (TPSA) is 51.2 Å². The van der Waals surface area contributed by atoms with Crippen LogP contribution in [0.15, 0.2) is 33.6 Å². The number of aromatic nitrogens is 1. The van der Waals surface area contributed by atoms with Crippen LogP contribution in [0.2, 0.25) is 0 Å². The molecular weight excluding hydrogens is 204 g/mol. The molecule has 0 aromatic carbocycles. The summed E-state index contributed by atoms with van der Waals surface area (Å²) in [7, 11) is 0. The highest BCUT2D eigenvalue weighted by atomic mass is 16.4. The third-order valence-electron chi connectivity index (χ3n) is 2.23. The summed E-state index contributed by atoms with van der Waals surface area (Å²) >= 11 is 0. The normalized spacial score (nSPS) is 11.2. The van der Waals surface area contributed by atoms with E-state index < -0.39 is 0 Å². The van der Waals surface area contributed by atoms with E-state index in [1.807, 2.05) is 12.1 Å². The molecular formula is C12H16N2O2. The van der Waals surface area contributed by atoms with Gasteiger partial charge in [0.2, 0.25) is 0 Å². The first-order valence-corrected chi connectivity index (χ1v) is 5.44. The van der Waals surface area contributed by atoms with Gasteiger partial charge in [-0.15, -0.1) is 0 Å². The van der Waals surface area contributed by atoms with Gasteiger partial charge in [0.15, 0.2) is 17.9 Å². The van der Waals surface area contributed by atoms with E-state index in [1.54, 1.807) is 6.26 Å². The van der Waals surface area contributed by atoms with Crippen molar-refractivity contribution in [2.75, 3.05) is 6.54 Å². The lowest BCUT2D eigenvalue weighted by Gasteiger charge is -2.05. The maximum atomic E-state index is 5.32. The lowest BCUT2D eigenvalue weighted by atomic mass is 10.2. The number of nitrogens with one attached hydrogen (secondary N) is 1. The molecule has 0 unspecified atom stereocenters. The van der Waals surface area contributed by atoms with Gasteiger partial charge in [0.1, 0.15) is 5.69 Å². The molecule has 0 radical (unpaired) electrons. The molecule has 0 saturated carbocycles. The fraction of sp³-hybridized carbons (Fsp3) is 0.417. The first-order chi connectivity index (χ1) is 7.77. The van der Waals surface area contributed by atoms with E-state index in [1.165, 1.54) is 6.39 Å². The lowest BCUT2D eigenvalue weighted by molar-refractivity contribution is 0.514. The Kier molecular flexibility index (Phi) is 3.41. The van der Waals surface area contributed by atoms with Crippen LogP contribution < -0.4 is 5.32 Å². The quantitative estimate of drug-likeness (QED) is 0.841. The molecule has 0 bridgehead atoms. The molecule has 1 N–H and O–H groups in total. The summed E-state index contributed by atoms with van der Waals surface area (Å²) in [5.41, 5.74) is 0.885. The van der Waals surface area contributed by atoms with E-state index in [0.717, 1.165) is 18.0 Å². The molecule has 2 heterocycles. The van der Waals surface area contributed by atoms with Crippen LogP contribution in [-0.2, 0) is 6.54 Å². The molecule has 0 spiro atoms.